The Morgan fingerprint density at radius 3 is 2.67 bits per heavy atom. The number of phenolic OH excluding ortho intramolecular Hbond substituents is 1. The summed E-state index contributed by atoms with van der Waals surface area (Å²) in [5.41, 5.74) is 0.402. The van der Waals surface area contributed by atoms with Crippen LogP contribution in [0.15, 0.2) is 18.2 Å². The lowest BCUT2D eigenvalue weighted by Gasteiger charge is -2.03. The SMILES string of the molecule is O=P(O)(O)Cc1cc[c]c(O)c1. The van der Waals surface area contributed by atoms with Gasteiger partial charge in [-0.05, 0) is 11.6 Å². The van der Waals surface area contributed by atoms with Crippen molar-refractivity contribution in [2.24, 2.45) is 0 Å². The third-order valence-electron chi connectivity index (χ3n) is 1.24. The Hall–Kier alpha value is -0.830. The summed E-state index contributed by atoms with van der Waals surface area (Å²) in [6.45, 7) is 0. The molecule has 0 aliphatic heterocycles. The van der Waals surface area contributed by atoms with Crippen molar-refractivity contribution >= 4 is 7.60 Å². The van der Waals surface area contributed by atoms with Crippen LogP contribution in [0.1, 0.15) is 5.56 Å². The third-order valence-corrected chi connectivity index (χ3v) is 2.02. The smallest absolute Gasteiger partial charge is 0.329 e. The topological polar surface area (TPSA) is 77.8 Å². The van der Waals surface area contributed by atoms with Gasteiger partial charge >= 0.3 is 7.60 Å². The lowest BCUT2D eigenvalue weighted by molar-refractivity contribution is 0.371. The minimum Gasteiger partial charge on any atom is -0.507 e. The van der Waals surface area contributed by atoms with Gasteiger partial charge in [-0.3, -0.25) is 4.57 Å². The minimum absolute atomic E-state index is 0.110. The van der Waals surface area contributed by atoms with Crippen LogP contribution in [-0.2, 0) is 10.7 Å². The molecule has 1 radical (unpaired) electrons. The summed E-state index contributed by atoms with van der Waals surface area (Å²) < 4.78 is 10.5. The van der Waals surface area contributed by atoms with Gasteiger partial charge in [0.1, 0.15) is 5.75 Å². The van der Waals surface area contributed by atoms with E-state index in [1.165, 1.54) is 18.2 Å². The van der Waals surface area contributed by atoms with Gasteiger partial charge in [-0.1, -0.05) is 12.1 Å². The van der Waals surface area contributed by atoms with E-state index < -0.39 is 7.60 Å². The minimum atomic E-state index is -4.03. The fourth-order valence-electron chi connectivity index (χ4n) is 0.836. The van der Waals surface area contributed by atoms with Crippen molar-refractivity contribution in [3.05, 3.63) is 29.8 Å². The van der Waals surface area contributed by atoms with Gasteiger partial charge in [0.25, 0.3) is 0 Å². The van der Waals surface area contributed by atoms with E-state index in [2.05, 4.69) is 6.07 Å². The Bertz CT molecular complexity index is 317. The monoisotopic (exact) mass is 187 g/mol. The Balaban J connectivity index is 2.84. The van der Waals surface area contributed by atoms with E-state index in [1.807, 2.05) is 0 Å². The molecule has 0 spiro atoms. The first-order valence-electron chi connectivity index (χ1n) is 3.21. The molecular weight excluding hydrogens is 179 g/mol. The zero-order valence-corrected chi connectivity index (χ0v) is 7.03. The van der Waals surface area contributed by atoms with Crippen molar-refractivity contribution in [2.75, 3.05) is 0 Å². The van der Waals surface area contributed by atoms with Gasteiger partial charge in [0.05, 0.1) is 6.16 Å². The van der Waals surface area contributed by atoms with E-state index >= 15 is 0 Å². The predicted octanol–water partition coefficient (Wildman–Crippen LogP) is 0.870. The Morgan fingerprint density at radius 2 is 2.17 bits per heavy atom. The van der Waals surface area contributed by atoms with Gasteiger partial charge in [-0.25, -0.2) is 0 Å². The van der Waals surface area contributed by atoms with Crippen molar-refractivity contribution in [2.45, 2.75) is 6.16 Å². The fraction of sp³-hybridized carbons (Fsp3) is 0.143. The molecule has 0 fully saturated rings. The molecule has 1 rings (SSSR count). The van der Waals surface area contributed by atoms with Crippen molar-refractivity contribution in [1.29, 1.82) is 0 Å². The maximum Gasteiger partial charge on any atom is 0.329 e. The molecule has 5 heteroatoms. The van der Waals surface area contributed by atoms with Gasteiger partial charge in [-0.2, -0.15) is 0 Å². The average molecular weight is 187 g/mol. The van der Waals surface area contributed by atoms with Crippen LogP contribution in [0.3, 0.4) is 0 Å². The summed E-state index contributed by atoms with van der Waals surface area (Å²) in [4.78, 5) is 17.2. The standard InChI is InChI=1S/C7H8O4P/c8-7-3-1-2-6(4-7)5-12(9,10)11/h1-2,4,8H,5H2,(H2,9,10,11). The summed E-state index contributed by atoms with van der Waals surface area (Å²) in [7, 11) is -4.03. The molecule has 0 bridgehead atoms. The average Bonchev–Trinajstić information content (AvgIpc) is 1.82. The molecule has 0 atom stereocenters. The van der Waals surface area contributed by atoms with E-state index in [1.54, 1.807) is 0 Å². The van der Waals surface area contributed by atoms with E-state index in [9.17, 15) is 4.57 Å². The van der Waals surface area contributed by atoms with Crippen molar-refractivity contribution in [3.8, 4) is 5.75 Å². The second-order valence-electron chi connectivity index (χ2n) is 2.40. The molecule has 12 heavy (non-hydrogen) atoms. The first-order chi connectivity index (χ1) is 5.47. The van der Waals surface area contributed by atoms with E-state index in [0.29, 0.717) is 5.56 Å². The lowest BCUT2D eigenvalue weighted by atomic mass is 10.2. The second kappa shape index (κ2) is 3.27. The highest BCUT2D eigenvalue weighted by Crippen LogP contribution is 2.39. The zero-order valence-electron chi connectivity index (χ0n) is 6.14. The molecule has 0 aliphatic rings. The molecule has 0 aromatic heterocycles. The third kappa shape index (κ3) is 3.05. The summed E-state index contributed by atoms with van der Waals surface area (Å²) in [6.07, 6.45) is -0.352. The molecule has 65 valence electrons. The predicted molar refractivity (Wildman–Crippen MR) is 42.7 cm³/mol. The van der Waals surface area contributed by atoms with Crippen LogP contribution in [-0.4, -0.2) is 14.9 Å². The molecule has 0 unspecified atom stereocenters. The van der Waals surface area contributed by atoms with Crippen molar-refractivity contribution in [3.63, 3.8) is 0 Å². The largest absolute Gasteiger partial charge is 0.507 e. The number of hydrogen-bond donors (Lipinski definition) is 3. The second-order valence-corrected chi connectivity index (χ2v) is 4.05. The van der Waals surface area contributed by atoms with Crippen LogP contribution in [0.5, 0.6) is 5.75 Å². The van der Waals surface area contributed by atoms with Crippen LogP contribution in [0.2, 0.25) is 0 Å². The Kier molecular flexibility index (Phi) is 2.52. The van der Waals surface area contributed by atoms with Crippen LogP contribution < -0.4 is 0 Å². The van der Waals surface area contributed by atoms with Crippen LogP contribution >= 0.6 is 7.60 Å². The van der Waals surface area contributed by atoms with Gasteiger partial charge < -0.3 is 14.9 Å². The van der Waals surface area contributed by atoms with Gasteiger partial charge in [-0.15, -0.1) is 0 Å². The summed E-state index contributed by atoms with van der Waals surface area (Å²) in [6, 6.07) is 6.65. The lowest BCUT2D eigenvalue weighted by Crippen LogP contribution is -1.85. The van der Waals surface area contributed by atoms with Crippen LogP contribution in [0.25, 0.3) is 0 Å². The van der Waals surface area contributed by atoms with Gasteiger partial charge in [0, 0.05) is 6.07 Å². The first kappa shape index (κ1) is 9.26. The molecule has 4 nitrogen and oxygen atoms in total. The molecule has 0 heterocycles. The van der Waals surface area contributed by atoms with Gasteiger partial charge in [0.15, 0.2) is 0 Å². The van der Waals surface area contributed by atoms with Crippen molar-refractivity contribution in [1.82, 2.24) is 0 Å². The number of hydrogen-bond acceptors (Lipinski definition) is 2. The number of benzene rings is 1. The molecule has 0 aliphatic carbocycles. The normalized spacial score (nSPS) is 11.5. The summed E-state index contributed by atoms with van der Waals surface area (Å²) in [5, 5.41) is 8.90. The summed E-state index contributed by atoms with van der Waals surface area (Å²) in [5.74, 6) is -0.110. The van der Waals surface area contributed by atoms with Crippen LogP contribution in [0.4, 0.5) is 0 Å². The molecule has 1 aromatic rings. The number of phenols is 1. The fourth-order valence-corrected chi connectivity index (χ4v) is 1.51. The summed E-state index contributed by atoms with van der Waals surface area (Å²) >= 11 is 0. The van der Waals surface area contributed by atoms with E-state index in [4.69, 9.17) is 14.9 Å². The number of aromatic hydroxyl groups is 1. The van der Waals surface area contributed by atoms with Crippen LogP contribution in [0, 0.1) is 6.07 Å². The molecule has 0 saturated carbocycles. The highest BCUT2D eigenvalue weighted by atomic mass is 31.2. The van der Waals surface area contributed by atoms with E-state index in [-0.39, 0.29) is 11.9 Å². The van der Waals surface area contributed by atoms with E-state index in [0.717, 1.165) is 0 Å². The maximum absolute atomic E-state index is 10.5. The van der Waals surface area contributed by atoms with Gasteiger partial charge in [0.2, 0.25) is 0 Å². The molecule has 0 amide bonds. The quantitative estimate of drug-likeness (QED) is 0.600. The molecular formula is C7H8O4P. The Morgan fingerprint density at radius 1 is 1.50 bits per heavy atom. The zero-order chi connectivity index (χ0) is 9.19. The highest BCUT2D eigenvalue weighted by Gasteiger charge is 2.13. The number of rotatable bonds is 2. The van der Waals surface area contributed by atoms with Crippen molar-refractivity contribution < 1.29 is 19.5 Å². The Labute approximate surface area is 69.6 Å². The molecule has 3 N–H and O–H groups in total. The first-order valence-corrected chi connectivity index (χ1v) is 5.01. The highest BCUT2D eigenvalue weighted by molar-refractivity contribution is 7.50. The molecule has 0 saturated heterocycles. The maximum atomic E-state index is 10.5. The molecule has 1 aromatic carbocycles.